The molecule has 0 saturated carbocycles. The first-order chi connectivity index (χ1) is 6.52. The fourth-order valence-electron chi connectivity index (χ4n) is 0.813. The van der Waals surface area contributed by atoms with Crippen molar-refractivity contribution in [2.24, 2.45) is 5.92 Å². The van der Waals surface area contributed by atoms with Crippen LogP contribution in [0.4, 0.5) is 5.69 Å². The Bertz CT molecular complexity index is 267. The lowest BCUT2D eigenvalue weighted by Crippen LogP contribution is -2.47. The quantitative estimate of drug-likeness (QED) is 0.721. The predicted octanol–water partition coefficient (Wildman–Crippen LogP) is 2.43. The lowest BCUT2D eigenvalue weighted by molar-refractivity contribution is 0.308. The molecule has 0 aromatic carbocycles. The summed E-state index contributed by atoms with van der Waals surface area (Å²) in [6.07, 6.45) is 3.54. The zero-order valence-electron chi connectivity index (χ0n) is 9.33. The number of nitrogens with zero attached hydrogens (tertiary/aromatic N) is 1. The van der Waals surface area contributed by atoms with Gasteiger partial charge in [0.2, 0.25) is 0 Å². The van der Waals surface area contributed by atoms with Crippen LogP contribution in [0.3, 0.4) is 0 Å². The molecule has 78 valence electrons. The maximum Gasteiger partial charge on any atom is 0.0518 e. The maximum atomic E-state index is 3.96. The Morgan fingerprint density at radius 2 is 1.79 bits per heavy atom. The van der Waals surface area contributed by atoms with Crippen LogP contribution in [0, 0.1) is 5.92 Å². The lowest BCUT2D eigenvalue weighted by atomic mass is 9.92. The summed E-state index contributed by atoms with van der Waals surface area (Å²) < 4.78 is 0. The molecular formula is C11H19N3. The minimum Gasteiger partial charge on any atom is -0.321 e. The number of hydrogen-bond acceptors (Lipinski definition) is 3. The van der Waals surface area contributed by atoms with Crippen LogP contribution >= 0.6 is 0 Å². The monoisotopic (exact) mass is 193 g/mol. The van der Waals surface area contributed by atoms with Gasteiger partial charge in [0.05, 0.1) is 5.69 Å². The molecule has 0 unspecified atom stereocenters. The Hall–Kier alpha value is -1.09. The van der Waals surface area contributed by atoms with Crippen molar-refractivity contribution in [3.63, 3.8) is 0 Å². The van der Waals surface area contributed by atoms with E-state index in [0.717, 1.165) is 5.69 Å². The highest BCUT2D eigenvalue weighted by Crippen LogP contribution is 2.15. The Kier molecular flexibility index (Phi) is 3.47. The standard InChI is InChI=1S/C11H19N3/c1-9(2)11(3,4)14-13-10-5-7-12-8-6-10/h5-9,14H,1-4H3,(H,12,13). The van der Waals surface area contributed by atoms with E-state index in [1.807, 2.05) is 12.1 Å². The van der Waals surface area contributed by atoms with E-state index >= 15 is 0 Å². The van der Waals surface area contributed by atoms with Crippen LogP contribution in [-0.2, 0) is 0 Å². The highest BCUT2D eigenvalue weighted by molar-refractivity contribution is 5.39. The van der Waals surface area contributed by atoms with Gasteiger partial charge in [0, 0.05) is 17.9 Å². The summed E-state index contributed by atoms with van der Waals surface area (Å²) in [4.78, 5) is 3.96. The zero-order chi connectivity index (χ0) is 10.6. The average molecular weight is 193 g/mol. The van der Waals surface area contributed by atoms with Crippen molar-refractivity contribution in [1.29, 1.82) is 0 Å². The van der Waals surface area contributed by atoms with Gasteiger partial charge in [0.15, 0.2) is 0 Å². The van der Waals surface area contributed by atoms with Crippen molar-refractivity contribution in [3.8, 4) is 0 Å². The molecule has 0 atom stereocenters. The fourth-order valence-corrected chi connectivity index (χ4v) is 0.813. The van der Waals surface area contributed by atoms with E-state index in [0.29, 0.717) is 5.92 Å². The van der Waals surface area contributed by atoms with Gasteiger partial charge in [-0.25, -0.2) is 5.43 Å². The van der Waals surface area contributed by atoms with Crippen molar-refractivity contribution < 1.29 is 0 Å². The molecule has 3 heteroatoms. The van der Waals surface area contributed by atoms with Crippen molar-refractivity contribution >= 4 is 5.69 Å². The Balaban J connectivity index is 2.49. The summed E-state index contributed by atoms with van der Waals surface area (Å²) >= 11 is 0. The second-order valence-corrected chi connectivity index (χ2v) is 4.36. The van der Waals surface area contributed by atoms with Crippen molar-refractivity contribution in [1.82, 2.24) is 10.4 Å². The Morgan fingerprint density at radius 3 is 2.29 bits per heavy atom. The molecule has 14 heavy (non-hydrogen) atoms. The number of anilines is 1. The molecule has 1 rings (SSSR count). The first-order valence-corrected chi connectivity index (χ1v) is 4.95. The van der Waals surface area contributed by atoms with Crippen molar-refractivity contribution in [2.75, 3.05) is 5.43 Å². The summed E-state index contributed by atoms with van der Waals surface area (Å²) in [6.45, 7) is 8.74. The first-order valence-electron chi connectivity index (χ1n) is 4.95. The molecule has 0 saturated heterocycles. The second kappa shape index (κ2) is 4.42. The molecule has 0 radical (unpaired) electrons. The summed E-state index contributed by atoms with van der Waals surface area (Å²) in [5.74, 6) is 0.567. The van der Waals surface area contributed by atoms with Gasteiger partial charge >= 0.3 is 0 Å². The molecule has 2 N–H and O–H groups in total. The molecule has 3 nitrogen and oxygen atoms in total. The minimum atomic E-state index is 0.0727. The van der Waals surface area contributed by atoms with Gasteiger partial charge in [-0.1, -0.05) is 13.8 Å². The van der Waals surface area contributed by atoms with E-state index in [2.05, 4.69) is 43.5 Å². The molecule has 0 amide bonds. The van der Waals surface area contributed by atoms with E-state index < -0.39 is 0 Å². The molecule has 1 aromatic rings. The molecule has 0 aliphatic rings. The largest absolute Gasteiger partial charge is 0.321 e. The van der Waals surface area contributed by atoms with E-state index in [1.165, 1.54) is 0 Å². The molecule has 0 spiro atoms. The van der Waals surface area contributed by atoms with E-state index in [9.17, 15) is 0 Å². The molecule has 0 aliphatic heterocycles. The van der Waals surface area contributed by atoms with Crippen LogP contribution in [0.5, 0.6) is 0 Å². The van der Waals surface area contributed by atoms with Gasteiger partial charge in [-0.15, -0.1) is 0 Å². The highest BCUT2D eigenvalue weighted by atomic mass is 15.4. The van der Waals surface area contributed by atoms with E-state index in [1.54, 1.807) is 12.4 Å². The van der Waals surface area contributed by atoms with E-state index in [-0.39, 0.29) is 5.54 Å². The number of hydrogen-bond donors (Lipinski definition) is 2. The van der Waals surface area contributed by atoms with Gasteiger partial charge in [0.1, 0.15) is 0 Å². The lowest BCUT2D eigenvalue weighted by Gasteiger charge is -2.31. The third-order valence-electron chi connectivity index (χ3n) is 2.65. The summed E-state index contributed by atoms with van der Waals surface area (Å²) in [6, 6.07) is 3.87. The number of aromatic nitrogens is 1. The molecule has 1 aromatic heterocycles. The maximum absolute atomic E-state index is 3.96. The van der Waals surface area contributed by atoms with Gasteiger partial charge < -0.3 is 5.43 Å². The molecule has 0 bridgehead atoms. The highest BCUT2D eigenvalue weighted by Gasteiger charge is 2.21. The molecular weight excluding hydrogens is 174 g/mol. The molecule has 1 heterocycles. The number of rotatable bonds is 4. The number of nitrogens with one attached hydrogen (secondary N) is 2. The normalized spacial score (nSPS) is 11.8. The van der Waals surface area contributed by atoms with Crippen LogP contribution in [-0.4, -0.2) is 10.5 Å². The minimum absolute atomic E-state index is 0.0727. The van der Waals surface area contributed by atoms with Gasteiger partial charge in [-0.05, 0) is 31.9 Å². The molecule has 0 aliphatic carbocycles. The third-order valence-corrected chi connectivity index (χ3v) is 2.65. The number of hydrazine groups is 1. The third kappa shape index (κ3) is 3.00. The van der Waals surface area contributed by atoms with Gasteiger partial charge in [-0.3, -0.25) is 4.98 Å². The van der Waals surface area contributed by atoms with Crippen molar-refractivity contribution in [2.45, 2.75) is 33.2 Å². The van der Waals surface area contributed by atoms with E-state index in [4.69, 9.17) is 0 Å². The van der Waals surface area contributed by atoms with Crippen LogP contribution in [0.15, 0.2) is 24.5 Å². The van der Waals surface area contributed by atoms with Crippen molar-refractivity contribution in [3.05, 3.63) is 24.5 Å². The first kappa shape index (κ1) is 11.0. The van der Waals surface area contributed by atoms with Gasteiger partial charge in [0.25, 0.3) is 0 Å². The van der Waals surface area contributed by atoms with Crippen LogP contribution in [0.25, 0.3) is 0 Å². The summed E-state index contributed by atoms with van der Waals surface area (Å²) in [5, 5.41) is 0. The van der Waals surface area contributed by atoms with Crippen LogP contribution < -0.4 is 10.9 Å². The van der Waals surface area contributed by atoms with Crippen LogP contribution in [0.1, 0.15) is 27.7 Å². The summed E-state index contributed by atoms with van der Waals surface area (Å²) in [7, 11) is 0. The Labute approximate surface area is 85.9 Å². The smallest absolute Gasteiger partial charge is 0.0518 e. The average Bonchev–Trinajstić information content (AvgIpc) is 2.16. The molecule has 0 fully saturated rings. The SMILES string of the molecule is CC(C)C(C)(C)NNc1ccncc1. The second-order valence-electron chi connectivity index (χ2n) is 4.36. The van der Waals surface area contributed by atoms with Crippen LogP contribution in [0.2, 0.25) is 0 Å². The van der Waals surface area contributed by atoms with Gasteiger partial charge in [-0.2, -0.15) is 0 Å². The zero-order valence-corrected chi connectivity index (χ0v) is 9.33. The fraction of sp³-hybridized carbons (Fsp3) is 0.545. The Morgan fingerprint density at radius 1 is 1.21 bits per heavy atom. The number of pyridine rings is 1. The summed E-state index contributed by atoms with van der Waals surface area (Å²) in [5.41, 5.74) is 7.58. The predicted molar refractivity (Wildman–Crippen MR) is 59.9 cm³/mol. The topological polar surface area (TPSA) is 37.0 Å².